The van der Waals surface area contributed by atoms with E-state index in [1.54, 1.807) is 24.3 Å². The molecule has 152 valence electrons. The molecular weight excluding hydrogens is 418 g/mol. The van der Waals surface area contributed by atoms with Crippen molar-refractivity contribution in [2.45, 2.75) is 25.0 Å². The Labute approximate surface area is 174 Å². The first-order chi connectivity index (χ1) is 13.8. The monoisotopic (exact) mass is 435 g/mol. The molecule has 0 amide bonds. The largest absolute Gasteiger partial charge is 0.384 e. The van der Waals surface area contributed by atoms with E-state index in [2.05, 4.69) is 15.5 Å². The number of ketones is 1. The van der Waals surface area contributed by atoms with Crippen LogP contribution in [0.1, 0.15) is 23.7 Å². The maximum Gasteiger partial charge on any atom is 0.332 e. The van der Waals surface area contributed by atoms with Crippen molar-refractivity contribution in [2.75, 3.05) is 11.5 Å². The summed E-state index contributed by atoms with van der Waals surface area (Å²) in [5, 5.41) is 12.4. The quantitative estimate of drug-likeness (QED) is 0.431. The number of nitrogens with two attached hydrogens (primary N) is 1. The van der Waals surface area contributed by atoms with E-state index >= 15 is 0 Å². The smallest absolute Gasteiger partial charge is 0.332 e. The SMILES string of the molecule is CCCn1c(N)c(C(=O)CSc2nnnn2-c2ccc(Cl)cc2)c(=O)n(C)c1=O. The molecule has 0 saturated carbocycles. The maximum atomic E-state index is 12.8. The predicted molar refractivity (Wildman–Crippen MR) is 110 cm³/mol. The number of nitrogen functional groups attached to an aromatic ring is 1. The standard InChI is InChI=1S/C17H18ClN7O3S/c1-3-8-24-14(19)13(15(27)23(2)17(24)28)12(26)9-29-16-20-21-22-25(16)11-6-4-10(18)5-7-11/h4-7H,3,8-9,19H2,1-2H3. The maximum absolute atomic E-state index is 12.8. The molecule has 0 unspecified atom stereocenters. The molecule has 0 bridgehead atoms. The van der Waals surface area contributed by atoms with Gasteiger partial charge < -0.3 is 5.73 Å². The van der Waals surface area contributed by atoms with Gasteiger partial charge in [-0.05, 0) is 41.1 Å². The molecule has 0 spiro atoms. The van der Waals surface area contributed by atoms with Crippen molar-refractivity contribution >= 4 is 35.0 Å². The number of hydrogen-bond acceptors (Lipinski definition) is 8. The molecule has 0 aliphatic rings. The third-order valence-corrected chi connectivity index (χ3v) is 5.33. The summed E-state index contributed by atoms with van der Waals surface area (Å²) in [6.45, 7) is 2.17. The Balaban J connectivity index is 1.88. The minimum Gasteiger partial charge on any atom is -0.384 e. The van der Waals surface area contributed by atoms with Crippen LogP contribution in [0, 0.1) is 0 Å². The number of aromatic nitrogens is 6. The summed E-state index contributed by atoms with van der Waals surface area (Å²) in [5.74, 6) is -0.760. The van der Waals surface area contributed by atoms with E-state index in [0.29, 0.717) is 28.8 Å². The fraction of sp³-hybridized carbons (Fsp3) is 0.294. The molecule has 2 aromatic heterocycles. The number of hydrogen-bond donors (Lipinski definition) is 1. The van der Waals surface area contributed by atoms with E-state index in [4.69, 9.17) is 17.3 Å². The van der Waals surface area contributed by atoms with Crippen molar-refractivity contribution < 1.29 is 4.79 Å². The van der Waals surface area contributed by atoms with E-state index in [-0.39, 0.29) is 17.1 Å². The van der Waals surface area contributed by atoms with Gasteiger partial charge in [-0.1, -0.05) is 30.3 Å². The first-order valence-corrected chi connectivity index (χ1v) is 10.0. The number of benzene rings is 1. The number of carbonyl (C=O) groups excluding carboxylic acids is 1. The number of rotatable bonds is 7. The third-order valence-electron chi connectivity index (χ3n) is 4.15. The van der Waals surface area contributed by atoms with Crippen LogP contribution >= 0.6 is 23.4 Å². The lowest BCUT2D eigenvalue weighted by Crippen LogP contribution is -2.42. The van der Waals surface area contributed by atoms with Crippen molar-refractivity contribution in [2.24, 2.45) is 7.05 Å². The zero-order valence-corrected chi connectivity index (χ0v) is 17.3. The summed E-state index contributed by atoms with van der Waals surface area (Å²) in [5.41, 5.74) is 5.17. The van der Waals surface area contributed by atoms with Gasteiger partial charge in [0.15, 0.2) is 5.78 Å². The summed E-state index contributed by atoms with van der Waals surface area (Å²) < 4.78 is 3.58. The Bertz CT molecular complexity index is 1170. The van der Waals surface area contributed by atoms with Crippen LogP contribution in [-0.4, -0.2) is 40.9 Å². The van der Waals surface area contributed by atoms with Gasteiger partial charge in [-0.3, -0.25) is 18.7 Å². The van der Waals surface area contributed by atoms with Crippen molar-refractivity contribution in [3.8, 4) is 5.69 Å². The van der Waals surface area contributed by atoms with Crippen LogP contribution in [0.5, 0.6) is 0 Å². The zero-order chi connectivity index (χ0) is 21.1. The second-order valence-corrected chi connectivity index (χ2v) is 7.50. The predicted octanol–water partition coefficient (Wildman–Crippen LogP) is 1.14. The lowest BCUT2D eigenvalue weighted by Gasteiger charge is -2.13. The van der Waals surface area contributed by atoms with Gasteiger partial charge in [0.2, 0.25) is 5.16 Å². The molecule has 2 heterocycles. The Morgan fingerprint density at radius 1 is 1.24 bits per heavy atom. The van der Waals surface area contributed by atoms with Crippen molar-refractivity contribution in [3.63, 3.8) is 0 Å². The molecule has 0 radical (unpaired) electrons. The van der Waals surface area contributed by atoms with Crippen LogP contribution in [0.3, 0.4) is 0 Å². The number of tetrazole rings is 1. The Hall–Kier alpha value is -2.92. The molecule has 0 aliphatic carbocycles. The molecular formula is C17H18ClN7O3S. The van der Waals surface area contributed by atoms with E-state index < -0.39 is 17.0 Å². The van der Waals surface area contributed by atoms with E-state index in [1.165, 1.54) is 16.3 Å². The molecule has 0 atom stereocenters. The first kappa shape index (κ1) is 20.8. The van der Waals surface area contributed by atoms with Gasteiger partial charge in [-0.2, -0.15) is 4.68 Å². The van der Waals surface area contributed by atoms with Gasteiger partial charge in [0.05, 0.1) is 11.4 Å². The van der Waals surface area contributed by atoms with Gasteiger partial charge in [0, 0.05) is 18.6 Å². The fourth-order valence-electron chi connectivity index (χ4n) is 2.70. The Morgan fingerprint density at radius 2 is 1.93 bits per heavy atom. The highest BCUT2D eigenvalue weighted by atomic mass is 35.5. The average Bonchev–Trinajstić information content (AvgIpc) is 3.17. The van der Waals surface area contributed by atoms with Crippen molar-refractivity contribution in [1.29, 1.82) is 0 Å². The van der Waals surface area contributed by atoms with Crippen LogP contribution in [0.15, 0.2) is 39.0 Å². The molecule has 10 nitrogen and oxygen atoms in total. The zero-order valence-electron chi connectivity index (χ0n) is 15.7. The first-order valence-electron chi connectivity index (χ1n) is 8.64. The molecule has 29 heavy (non-hydrogen) atoms. The van der Waals surface area contributed by atoms with E-state index in [1.807, 2.05) is 6.92 Å². The van der Waals surface area contributed by atoms with E-state index in [9.17, 15) is 14.4 Å². The average molecular weight is 436 g/mol. The van der Waals surface area contributed by atoms with Crippen LogP contribution < -0.4 is 17.0 Å². The number of Topliss-reactive ketones (excluding diaryl/α,β-unsaturated/α-hetero) is 1. The van der Waals surface area contributed by atoms with Gasteiger partial charge in [0.1, 0.15) is 11.4 Å². The number of halogens is 1. The molecule has 0 fully saturated rings. The third kappa shape index (κ3) is 4.10. The lowest BCUT2D eigenvalue weighted by molar-refractivity contribution is 0.102. The van der Waals surface area contributed by atoms with Crippen LogP contribution in [0.2, 0.25) is 5.02 Å². The Kier molecular flexibility index (Phi) is 6.18. The van der Waals surface area contributed by atoms with Gasteiger partial charge in [-0.25, -0.2) is 4.79 Å². The second kappa shape index (κ2) is 8.62. The van der Waals surface area contributed by atoms with Crippen molar-refractivity contribution in [1.82, 2.24) is 29.3 Å². The highest BCUT2D eigenvalue weighted by Gasteiger charge is 2.22. The normalized spacial score (nSPS) is 11.0. The molecule has 1 aromatic carbocycles. The second-order valence-electron chi connectivity index (χ2n) is 6.12. The Morgan fingerprint density at radius 3 is 2.59 bits per heavy atom. The number of anilines is 1. The van der Waals surface area contributed by atoms with Crippen LogP contribution in [0.25, 0.3) is 5.69 Å². The molecule has 2 N–H and O–H groups in total. The molecule has 3 rings (SSSR count). The van der Waals surface area contributed by atoms with Gasteiger partial charge in [0.25, 0.3) is 5.56 Å². The highest BCUT2D eigenvalue weighted by molar-refractivity contribution is 7.99. The summed E-state index contributed by atoms with van der Waals surface area (Å²) in [6.07, 6.45) is 0.626. The summed E-state index contributed by atoms with van der Waals surface area (Å²) in [4.78, 5) is 37.5. The van der Waals surface area contributed by atoms with Gasteiger partial charge >= 0.3 is 5.69 Å². The molecule has 12 heteroatoms. The fourth-order valence-corrected chi connectivity index (χ4v) is 3.59. The molecule has 3 aromatic rings. The highest BCUT2D eigenvalue weighted by Crippen LogP contribution is 2.21. The molecule has 0 saturated heterocycles. The van der Waals surface area contributed by atoms with Crippen LogP contribution in [-0.2, 0) is 13.6 Å². The minimum atomic E-state index is -0.720. The molecule has 0 aliphatic heterocycles. The number of thioether (sulfide) groups is 1. The van der Waals surface area contributed by atoms with Crippen molar-refractivity contribution in [3.05, 3.63) is 55.7 Å². The summed E-state index contributed by atoms with van der Waals surface area (Å²) >= 11 is 6.95. The van der Waals surface area contributed by atoms with E-state index in [0.717, 1.165) is 16.3 Å². The lowest BCUT2D eigenvalue weighted by atomic mass is 10.2. The number of carbonyl (C=O) groups is 1. The topological polar surface area (TPSA) is 131 Å². The summed E-state index contributed by atoms with van der Waals surface area (Å²) in [6, 6.07) is 6.86. The number of nitrogens with zero attached hydrogens (tertiary/aromatic N) is 6. The van der Waals surface area contributed by atoms with Crippen LogP contribution in [0.4, 0.5) is 5.82 Å². The van der Waals surface area contributed by atoms with Gasteiger partial charge in [-0.15, -0.1) is 5.10 Å². The minimum absolute atomic E-state index is 0.122. The summed E-state index contributed by atoms with van der Waals surface area (Å²) in [7, 11) is 1.32.